The quantitative estimate of drug-likeness (QED) is 0.841. The highest BCUT2D eigenvalue weighted by molar-refractivity contribution is 5.91. The summed E-state index contributed by atoms with van der Waals surface area (Å²) in [5.74, 6) is 0.547. The topological polar surface area (TPSA) is 67.2 Å². The minimum absolute atomic E-state index is 0. The molecule has 0 saturated carbocycles. The Morgan fingerprint density at radius 1 is 1.41 bits per heavy atom. The Morgan fingerprint density at radius 3 is 2.64 bits per heavy atom. The summed E-state index contributed by atoms with van der Waals surface area (Å²) in [4.78, 5) is 12.2. The van der Waals surface area contributed by atoms with Crippen molar-refractivity contribution in [3.05, 3.63) is 17.5 Å². The molecule has 0 atom stereocenters. The molecule has 1 aliphatic rings. The van der Waals surface area contributed by atoms with Gasteiger partial charge in [-0.1, -0.05) is 25.9 Å². The predicted molar refractivity (Wildman–Crippen MR) is 89.6 cm³/mol. The number of carbonyl (C=O) groups is 1. The number of halogens is 1. The maximum Gasteiger partial charge on any atom is 0.289 e. The maximum atomic E-state index is 12.2. The maximum absolute atomic E-state index is 12.2. The van der Waals surface area contributed by atoms with E-state index in [4.69, 9.17) is 4.52 Å². The summed E-state index contributed by atoms with van der Waals surface area (Å²) in [5, 5.41) is 10.4. The average Bonchev–Trinajstić information content (AvgIpc) is 2.97. The van der Waals surface area contributed by atoms with Crippen molar-refractivity contribution >= 4 is 18.3 Å². The van der Waals surface area contributed by atoms with Gasteiger partial charge in [0.1, 0.15) is 0 Å². The molecule has 1 saturated heterocycles. The largest absolute Gasteiger partial charge is 0.351 e. The Morgan fingerprint density at radius 2 is 2.05 bits per heavy atom. The van der Waals surface area contributed by atoms with E-state index < -0.39 is 0 Å². The fourth-order valence-electron chi connectivity index (χ4n) is 2.88. The Kier molecular flexibility index (Phi) is 7.36. The average molecular weight is 330 g/mol. The van der Waals surface area contributed by atoms with E-state index in [1.807, 2.05) is 0 Å². The minimum atomic E-state index is -0.153. The molecular formula is C16H28ClN3O2. The minimum Gasteiger partial charge on any atom is -0.351 e. The van der Waals surface area contributed by atoms with Gasteiger partial charge >= 0.3 is 0 Å². The molecule has 1 amide bonds. The predicted octanol–water partition coefficient (Wildman–Crippen LogP) is 3.12. The number of aromatic nitrogens is 1. The molecule has 0 aromatic carbocycles. The standard InChI is InChI=1S/C16H27N3O2.ClH/c1-4-12(5-2)13-10-14(21-19-13)15(20)18-11-16(3)6-8-17-9-7-16;/h10,12,17H,4-9,11H2,1-3H3,(H,18,20);1H. The second-order valence-electron chi connectivity index (χ2n) is 6.37. The van der Waals surface area contributed by atoms with Gasteiger partial charge in [-0.2, -0.15) is 0 Å². The number of hydrogen-bond acceptors (Lipinski definition) is 4. The smallest absolute Gasteiger partial charge is 0.289 e. The number of carbonyl (C=O) groups excluding carboxylic acids is 1. The summed E-state index contributed by atoms with van der Waals surface area (Å²) < 4.78 is 5.21. The van der Waals surface area contributed by atoms with Crippen LogP contribution in [-0.2, 0) is 0 Å². The lowest BCUT2D eigenvalue weighted by Gasteiger charge is -2.33. The van der Waals surface area contributed by atoms with Crippen LogP contribution in [0.3, 0.4) is 0 Å². The van der Waals surface area contributed by atoms with Gasteiger partial charge in [0, 0.05) is 18.5 Å². The van der Waals surface area contributed by atoms with Crippen molar-refractivity contribution in [3.8, 4) is 0 Å². The number of nitrogens with one attached hydrogen (secondary N) is 2. The molecule has 0 unspecified atom stereocenters. The second kappa shape index (κ2) is 8.53. The Balaban J connectivity index is 0.00000242. The molecule has 1 aromatic rings. The van der Waals surface area contributed by atoms with Crippen molar-refractivity contribution in [3.63, 3.8) is 0 Å². The van der Waals surface area contributed by atoms with Gasteiger partial charge < -0.3 is 15.2 Å². The molecule has 5 nitrogen and oxygen atoms in total. The molecule has 22 heavy (non-hydrogen) atoms. The van der Waals surface area contributed by atoms with E-state index in [1.165, 1.54) is 0 Å². The van der Waals surface area contributed by atoms with Crippen LogP contribution in [0.15, 0.2) is 10.6 Å². The molecule has 1 fully saturated rings. The van der Waals surface area contributed by atoms with Crippen LogP contribution >= 0.6 is 12.4 Å². The van der Waals surface area contributed by atoms with Crippen molar-refractivity contribution in [2.24, 2.45) is 5.41 Å². The first-order valence-corrected chi connectivity index (χ1v) is 8.03. The molecule has 0 bridgehead atoms. The van der Waals surface area contributed by atoms with E-state index in [0.717, 1.165) is 44.5 Å². The molecular weight excluding hydrogens is 302 g/mol. The zero-order valence-corrected chi connectivity index (χ0v) is 14.6. The second-order valence-corrected chi connectivity index (χ2v) is 6.37. The van der Waals surface area contributed by atoms with Crippen LogP contribution in [0.2, 0.25) is 0 Å². The van der Waals surface area contributed by atoms with E-state index >= 15 is 0 Å². The number of hydrogen-bond donors (Lipinski definition) is 2. The highest BCUT2D eigenvalue weighted by Gasteiger charge is 2.28. The van der Waals surface area contributed by atoms with Crippen LogP contribution in [0.1, 0.15) is 68.6 Å². The van der Waals surface area contributed by atoms with Crippen molar-refractivity contribution in [1.29, 1.82) is 0 Å². The molecule has 0 aliphatic carbocycles. The molecule has 1 aliphatic heterocycles. The highest BCUT2D eigenvalue weighted by atomic mass is 35.5. The molecule has 2 heterocycles. The van der Waals surface area contributed by atoms with Crippen molar-refractivity contribution < 1.29 is 9.32 Å². The normalized spacial score (nSPS) is 17.1. The van der Waals surface area contributed by atoms with Crippen LogP contribution in [0.5, 0.6) is 0 Å². The number of piperidine rings is 1. The van der Waals surface area contributed by atoms with Crippen LogP contribution in [-0.4, -0.2) is 30.7 Å². The van der Waals surface area contributed by atoms with E-state index in [0.29, 0.717) is 18.2 Å². The summed E-state index contributed by atoms with van der Waals surface area (Å²) in [6, 6.07) is 1.79. The molecule has 0 radical (unpaired) electrons. The summed E-state index contributed by atoms with van der Waals surface area (Å²) in [6.45, 7) is 9.21. The van der Waals surface area contributed by atoms with E-state index in [2.05, 4.69) is 36.6 Å². The lowest BCUT2D eigenvalue weighted by Crippen LogP contribution is -2.42. The Labute approximate surface area is 139 Å². The van der Waals surface area contributed by atoms with E-state index in [9.17, 15) is 4.79 Å². The lowest BCUT2D eigenvalue weighted by molar-refractivity contribution is 0.0885. The third kappa shape index (κ3) is 4.71. The first kappa shape index (κ1) is 19.0. The van der Waals surface area contributed by atoms with Gasteiger partial charge in [0.15, 0.2) is 0 Å². The third-order valence-electron chi connectivity index (χ3n) is 4.64. The van der Waals surface area contributed by atoms with Crippen molar-refractivity contribution in [2.75, 3.05) is 19.6 Å². The SMILES string of the molecule is CCC(CC)c1cc(C(=O)NCC2(C)CCNCC2)on1.Cl. The molecule has 2 rings (SSSR count). The number of amides is 1. The van der Waals surface area contributed by atoms with Gasteiger partial charge in [0.05, 0.1) is 5.69 Å². The van der Waals surface area contributed by atoms with Gasteiger partial charge in [0.25, 0.3) is 5.91 Å². The van der Waals surface area contributed by atoms with Crippen LogP contribution in [0.4, 0.5) is 0 Å². The van der Waals surface area contributed by atoms with Crippen LogP contribution in [0, 0.1) is 5.41 Å². The van der Waals surface area contributed by atoms with Gasteiger partial charge in [-0.25, -0.2) is 0 Å². The third-order valence-corrected chi connectivity index (χ3v) is 4.64. The first-order chi connectivity index (χ1) is 10.1. The summed E-state index contributed by atoms with van der Waals surface area (Å²) in [7, 11) is 0. The van der Waals surface area contributed by atoms with Gasteiger partial charge in [-0.15, -0.1) is 12.4 Å². The summed E-state index contributed by atoms with van der Waals surface area (Å²) in [5.41, 5.74) is 1.07. The fraction of sp³-hybridized carbons (Fsp3) is 0.750. The zero-order chi connectivity index (χ0) is 15.3. The molecule has 6 heteroatoms. The van der Waals surface area contributed by atoms with Crippen LogP contribution in [0.25, 0.3) is 0 Å². The monoisotopic (exact) mass is 329 g/mol. The lowest BCUT2D eigenvalue weighted by atomic mass is 9.81. The van der Waals surface area contributed by atoms with Gasteiger partial charge in [0.2, 0.25) is 5.76 Å². The van der Waals surface area contributed by atoms with Crippen molar-refractivity contribution in [1.82, 2.24) is 15.8 Å². The summed E-state index contributed by atoms with van der Waals surface area (Å²) >= 11 is 0. The Hall–Kier alpha value is -1.07. The molecule has 0 spiro atoms. The van der Waals surface area contributed by atoms with E-state index in [-0.39, 0.29) is 23.7 Å². The molecule has 2 N–H and O–H groups in total. The van der Waals surface area contributed by atoms with E-state index in [1.54, 1.807) is 6.07 Å². The zero-order valence-electron chi connectivity index (χ0n) is 13.8. The number of rotatable bonds is 6. The van der Waals surface area contributed by atoms with Gasteiger partial charge in [-0.3, -0.25) is 4.79 Å². The fourth-order valence-corrected chi connectivity index (χ4v) is 2.88. The van der Waals surface area contributed by atoms with Gasteiger partial charge in [-0.05, 0) is 44.2 Å². The molecule has 126 valence electrons. The summed E-state index contributed by atoms with van der Waals surface area (Å²) in [6.07, 6.45) is 4.19. The number of nitrogens with zero attached hydrogens (tertiary/aromatic N) is 1. The van der Waals surface area contributed by atoms with Crippen LogP contribution < -0.4 is 10.6 Å². The molecule has 1 aromatic heterocycles. The first-order valence-electron chi connectivity index (χ1n) is 8.03. The van der Waals surface area contributed by atoms with Crippen molar-refractivity contribution in [2.45, 2.75) is 52.4 Å². The Bertz CT molecular complexity index is 466. The highest BCUT2D eigenvalue weighted by Crippen LogP contribution is 2.27.